The first-order chi connectivity index (χ1) is 5.36. The Labute approximate surface area is 72.6 Å². The highest BCUT2D eigenvalue weighted by molar-refractivity contribution is 9.09. The molecule has 0 aliphatic carbocycles. The summed E-state index contributed by atoms with van der Waals surface area (Å²) in [7, 11) is 0. The Morgan fingerprint density at radius 1 is 1.82 bits per heavy atom. The molecule has 0 radical (unpaired) electrons. The van der Waals surface area contributed by atoms with Crippen LogP contribution in [0.1, 0.15) is 5.56 Å². The van der Waals surface area contributed by atoms with Crippen molar-refractivity contribution in [3.63, 3.8) is 0 Å². The van der Waals surface area contributed by atoms with Crippen molar-refractivity contribution in [2.45, 2.75) is 6.54 Å². The highest BCUT2D eigenvalue weighted by Crippen LogP contribution is 1.94. The van der Waals surface area contributed by atoms with Gasteiger partial charge in [-0.2, -0.15) is 5.10 Å². The number of hydrogen-bond acceptors (Lipinski definition) is 3. The maximum absolute atomic E-state index is 8.18. The molecule has 0 aromatic carbocycles. The molecule has 0 aliphatic heterocycles. The molecule has 0 atom stereocenters. The number of halogens is 1. The zero-order chi connectivity index (χ0) is 8.10. The van der Waals surface area contributed by atoms with Crippen LogP contribution in [-0.2, 0) is 6.54 Å². The van der Waals surface area contributed by atoms with E-state index < -0.39 is 0 Å². The minimum atomic E-state index is 0.799. The van der Waals surface area contributed by atoms with Gasteiger partial charge in [-0.25, -0.2) is 0 Å². The molecule has 0 saturated carbocycles. The summed E-state index contributed by atoms with van der Waals surface area (Å²) < 4.78 is 1.77. The van der Waals surface area contributed by atoms with Gasteiger partial charge in [-0.15, -0.1) is 0 Å². The zero-order valence-corrected chi connectivity index (χ0v) is 7.40. The van der Waals surface area contributed by atoms with Gasteiger partial charge in [0.25, 0.3) is 0 Å². The van der Waals surface area contributed by atoms with E-state index in [0.717, 1.165) is 17.4 Å². The lowest BCUT2D eigenvalue weighted by Crippen LogP contribution is -1.97. The van der Waals surface area contributed by atoms with Crippen LogP contribution >= 0.6 is 15.9 Å². The van der Waals surface area contributed by atoms with Gasteiger partial charge in [-0.05, 0) is 0 Å². The number of hydrogen-bond donors (Lipinski definition) is 1. The SMILES string of the molecule is ON=Cc1cnn(CCBr)c1. The van der Waals surface area contributed by atoms with Gasteiger partial charge in [0.1, 0.15) is 0 Å². The molecular formula is C6H8BrN3O. The van der Waals surface area contributed by atoms with E-state index >= 15 is 0 Å². The molecule has 60 valence electrons. The highest BCUT2D eigenvalue weighted by Gasteiger charge is 1.93. The Bertz CT molecular complexity index is 246. The quantitative estimate of drug-likeness (QED) is 0.357. The van der Waals surface area contributed by atoms with Crippen LogP contribution in [0.25, 0.3) is 0 Å². The average molecular weight is 218 g/mol. The van der Waals surface area contributed by atoms with Crippen LogP contribution in [-0.4, -0.2) is 26.5 Å². The first kappa shape index (κ1) is 8.26. The summed E-state index contributed by atoms with van der Waals surface area (Å²) in [5, 5.41) is 15.9. The van der Waals surface area contributed by atoms with Crippen molar-refractivity contribution in [1.29, 1.82) is 0 Å². The molecule has 0 bridgehead atoms. The van der Waals surface area contributed by atoms with Crippen molar-refractivity contribution >= 4 is 22.1 Å². The standard InChI is InChI=1S/C6H8BrN3O/c7-1-2-10-5-6(3-8-10)4-9-11/h3-5,11H,1-2H2. The first-order valence-electron chi connectivity index (χ1n) is 3.12. The molecule has 1 rings (SSSR count). The second-order valence-electron chi connectivity index (χ2n) is 1.97. The van der Waals surface area contributed by atoms with Gasteiger partial charge in [0.15, 0.2) is 0 Å². The van der Waals surface area contributed by atoms with E-state index in [1.54, 1.807) is 17.1 Å². The maximum atomic E-state index is 8.18. The molecule has 1 N–H and O–H groups in total. The summed E-state index contributed by atoms with van der Waals surface area (Å²) in [6, 6.07) is 0. The Balaban J connectivity index is 2.65. The van der Waals surface area contributed by atoms with Crippen molar-refractivity contribution in [2.24, 2.45) is 5.16 Å². The molecule has 0 aliphatic rings. The van der Waals surface area contributed by atoms with E-state index in [1.165, 1.54) is 6.21 Å². The topological polar surface area (TPSA) is 50.4 Å². The van der Waals surface area contributed by atoms with Crippen LogP contribution in [0.4, 0.5) is 0 Å². The molecule has 0 spiro atoms. The van der Waals surface area contributed by atoms with E-state index in [1.807, 2.05) is 0 Å². The molecule has 0 fully saturated rings. The Morgan fingerprint density at radius 3 is 3.27 bits per heavy atom. The number of aryl methyl sites for hydroxylation is 1. The first-order valence-corrected chi connectivity index (χ1v) is 4.25. The minimum Gasteiger partial charge on any atom is -0.411 e. The number of aromatic nitrogens is 2. The van der Waals surface area contributed by atoms with E-state index in [0.29, 0.717) is 0 Å². The molecule has 0 saturated heterocycles. The number of alkyl halides is 1. The Morgan fingerprint density at radius 2 is 2.64 bits per heavy atom. The lowest BCUT2D eigenvalue weighted by Gasteiger charge is -1.92. The summed E-state index contributed by atoms with van der Waals surface area (Å²) in [4.78, 5) is 0. The number of oxime groups is 1. The molecule has 1 heterocycles. The van der Waals surface area contributed by atoms with Crippen LogP contribution in [0.15, 0.2) is 17.5 Å². The summed E-state index contributed by atoms with van der Waals surface area (Å²) in [5.74, 6) is 0. The van der Waals surface area contributed by atoms with Crippen molar-refractivity contribution in [1.82, 2.24) is 9.78 Å². The van der Waals surface area contributed by atoms with Gasteiger partial charge in [-0.3, -0.25) is 4.68 Å². The van der Waals surface area contributed by atoms with E-state index in [-0.39, 0.29) is 0 Å². The van der Waals surface area contributed by atoms with Crippen molar-refractivity contribution in [3.8, 4) is 0 Å². The molecule has 1 aromatic heterocycles. The molecule has 4 nitrogen and oxygen atoms in total. The van der Waals surface area contributed by atoms with E-state index in [4.69, 9.17) is 5.21 Å². The van der Waals surface area contributed by atoms with E-state index in [2.05, 4.69) is 26.2 Å². The lowest BCUT2D eigenvalue weighted by atomic mass is 10.4. The summed E-state index contributed by atoms with van der Waals surface area (Å²) in [6.07, 6.45) is 4.79. The number of rotatable bonds is 3. The van der Waals surface area contributed by atoms with Crippen molar-refractivity contribution in [3.05, 3.63) is 18.0 Å². The third kappa shape index (κ3) is 2.34. The zero-order valence-electron chi connectivity index (χ0n) is 5.81. The van der Waals surface area contributed by atoms with Crippen LogP contribution in [0, 0.1) is 0 Å². The van der Waals surface area contributed by atoms with Crippen LogP contribution in [0.3, 0.4) is 0 Å². The van der Waals surface area contributed by atoms with Gasteiger partial charge in [0.05, 0.1) is 19.0 Å². The van der Waals surface area contributed by atoms with Gasteiger partial charge in [0.2, 0.25) is 0 Å². The van der Waals surface area contributed by atoms with Gasteiger partial charge in [-0.1, -0.05) is 21.1 Å². The van der Waals surface area contributed by atoms with Crippen molar-refractivity contribution in [2.75, 3.05) is 5.33 Å². The molecule has 1 aromatic rings. The molecule has 0 unspecified atom stereocenters. The van der Waals surface area contributed by atoms with Crippen LogP contribution in [0.5, 0.6) is 0 Å². The van der Waals surface area contributed by atoms with Gasteiger partial charge >= 0.3 is 0 Å². The minimum absolute atomic E-state index is 0.799. The third-order valence-electron chi connectivity index (χ3n) is 1.17. The summed E-state index contributed by atoms with van der Waals surface area (Å²) >= 11 is 3.29. The van der Waals surface area contributed by atoms with Crippen molar-refractivity contribution < 1.29 is 5.21 Å². The van der Waals surface area contributed by atoms with Crippen LogP contribution < -0.4 is 0 Å². The predicted molar refractivity (Wildman–Crippen MR) is 45.4 cm³/mol. The van der Waals surface area contributed by atoms with E-state index in [9.17, 15) is 0 Å². The van der Waals surface area contributed by atoms with Gasteiger partial charge < -0.3 is 5.21 Å². The summed E-state index contributed by atoms with van der Waals surface area (Å²) in [6.45, 7) is 0.819. The molecule has 11 heavy (non-hydrogen) atoms. The highest BCUT2D eigenvalue weighted by atomic mass is 79.9. The lowest BCUT2D eigenvalue weighted by molar-refractivity contribution is 0.322. The third-order valence-corrected chi connectivity index (χ3v) is 1.53. The molecular weight excluding hydrogens is 210 g/mol. The van der Waals surface area contributed by atoms with Crippen LogP contribution in [0.2, 0.25) is 0 Å². The predicted octanol–water partition coefficient (Wildman–Crippen LogP) is 1.09. The normalized spacial score (nSPS) is 11.0. The smallest absolute Gasteiger partial charge is 0.0765 e. The second-order valence-corrected chi connectivity index (χ2v) is 2.76. The Kier molecular flexibility index (Phi) is 3.10. The monoisotopic (exact) mass is 217 g/mol. The largest absolute Gasteiger partial charge is 0.411 e. The fraction of sp³-hybridized carbons (Fsp3) is 0.333. The second kappa shape index (κ2) is 4.12. The fourth-order valence-electron chi connectivity index (χ4n) is 0.722. The van der Waals surface area contributed by atoms with Gasteiger partial charge in [0, 0.05) is 17.1 Å². The maximum Gasteiger partial charge on any atom is 0.0765 e. The Hall–Kier alpha value is -0.840. The molecule has 0 amide bonds. The summed E-state index contributed by atoms with van der Waals surface area (Å²) in [5.41, 5.74) is 0.799. The molecule has 5 heteroatoms. The fourth-order valence-corrected chi connectivity index (χ4v) is 1.09. The number of nitrogens with zero attached hydrogens (tertiary/aromatic N) is 3. The average Bonchev–Trinajstić information content (AvgIpc) is 2.38.